The van der Waals surface area contributed by atoms with Crippen molar-refractivity contribution < 1.29 is 19.1 Å². The first-order valence-electron chi connectivity index (χ1n) is 6.76. The van der Waals surface area contributed by atoms with Crippen molar-refractivity contribution in [2.24, 2.45) is 5.92 Å². The Labute approximate surface area is 110 Å². The molecular weight excluding hydrogens is 232 g/mol. The van der Waals surface area contributed by atoms with Gasteiger partial charge in [0.1, 0.15) is 0 Å². The van der Waals surface area contributed by atoms with Crippen LogP contribution in [0.4, 0.5) is 0 Å². The van der Waals surface area contributed by atoms with Crippen molar-refractivity contribution in [1.29, 1.82) is 0 Å². The van der Waals surface area contributed by atoms with Crippen molar-refractivity contribution in [3.8, 4) is 0 Å². The summed E-state index contributed by atoms with van der Waals surface area (Å²) >= 11 is 0. The average molecular weight is 258 g/mol. The van der Waals surface area contributed by atoms with E-state index in [1.165, 1.54) is 14.2 Å². The molecule has 1 unspecified atom stereocenters. The molecule has 106 valence electrons. The highest BCUT2D eigenvalue weighted by Gasteiger charge is 2.11. The van der Waals surface area contributed by atoms with Crippen LogP contribution in [0, 0.1) is 5.92 Å². The molecule has 0 bridgehead atoms. The molecule has 0 heterocycles. The van der Waals surface area contributed by atoms with Gasteiger partial charge in [0.15, 0.2) is 0 Å². The molecule has 0 rings (SSSR count). The van der Waals surface area contributed by atoms with Crippen LogP contribution in [0.5, 0.6) is 0 Å². The second-order valence-corrected chi connectivity index (χ2v) is 4.66. The second kappa shape index (κ2) is 11.1. The summed E-state index contributed by atoms with van der Waals surface area (Å²) in [5, 5.41) is 0. The molecule has 0 aromatic carbocycles. The minimum Gasteiger partial charge on any atom is -0.469 e. The number of carbonyl (C=O) groups is 2. The van der Waals surface area contributed by atoms with E-state index in [4.69, 9.17) is 0 Å². The quantitative estimate of drug-likeness (QED) is 0.446. The van der Waals surface area contributed by atoms with Crippen molar-refractivity contribution >= 4 is 11.9 Å². The summed E-state index contributed by atoms with van der Waals surface area (Å²) in [4.78, 5) is 22.0. The Morgan fingerprint density at radius 2 is 1.44 bits per heavy atom. The maximum Gasteiger partial charge on any atom is 0.308 e. The molecule has 0 aromatic rings. The molecule has 0 aliphatic rings. The van der Waals surface area contributed by atoms with E-state index in [-0.39, 0.29) is 17.9 Å². The van der Waals surface area contributed by atoms with Crippen molar-refractivity contribution in [3.05, 3.63) is 0 Å². The standard InChI is InChI=1S/C14H26O4/c1-12(14(16)18-3)10-8-6-4-5-7-9-11-13(15)17-2/h12H,4-11H2,1-3H3. The average Bonchev–Trinajstić information content (AvgIpc) is 2.39. The third-order valence-corrected chi connectivity index (χ3v) is 3.10. The number of hydrogen-bond acceptors (Lipinski definition) is 4. The van der Waals surface area contributed by atoms with Gasteiger partial charge in [-0.05, 0) is 12.8 Å². The molecule has 0 aliphatic heterocycles. The summed E-state index contributed by atoms with van der Waals surface area (Å²) < 4.78 is 9.24. The predicted molar refractivity (Wildman–Crippen MR) is 70.1 cm³/mol. The van der Waals surface area contributed by atoms with Gasteiger partial charge >= 0.3 is 11.9 Å². The van der Waals surface area contributed by atoms with Gasteiger partial charge in [-0.2, -0.15) is 0 Å². The molecule has 18 heavy (non-hydrogen) atoms. The van der Waals surface area contributed by atoms with E-state index in [9.17, 15) is 9.59 Å². The smallest absolute Gasteiger partial charge is 0.308 e. The van der Waals surface area contributed by atoms with E-state index < -0.39 is 0 Å². The molecular formula is C14H26O4. The topological polar surface area (TPSA) is 52.6 Å². The van der Waals surface area contributed by atoms with Crippen molar-refractivity contribution in [3.63, 3.8) is 0 Å². The van der Waals surface area contributed by atoms with Crippen LogP contribution in [-0.2, 0) is 19.1 Å². The van der Waals surface area contributed by atoms with Crippen molar-refractivity contribution in [2.75, 3.05) is 14.2 Å². The first-order valence-corrected chi connectivity index (χ1v) is 6.76. The van der Waals surface area contributed by atoms with Crippen molar-refractivity contribution in [1.82, 2.24) is 0 Å². The summed E-state index contributed by atoms with van der Waals surface area (Å²) in [5.74, 6) is -0.232. The van der Waals surface area contributed by atoms with E-state index in [2.05, 4.69) is 9.47 Å². The summed E-state index contributed by atoms with van der Waals surface area (Å²) in [6.07, 6.45) is 7.91. The summed E-state index contributed by atoms with van der Waals surface area (Å²) in [6.45, 7) is 1.90. The maximum atomic E-state index is 11.1. The van der Waals surface area contributed by atoms with Gasteiger partial charge in [-0.3, -0.25) is 9.59 Å². The zero-order valence-electron chi connectivity index (χ0n) is 11.9. The van der Waals surface area contributed by atoms with E-state index in [0.29, 0.717) is 6.42 Å². The number of unbranched alkanes of at least 4 members (excludes halogenated alkanes) is 5. The fraction of sp³-hybridized carbons (Fsp3) is 0.857. The number of rotatable bonds is 10. The molecule has 0 N–H and O–H groups in total. The molecule has 0 saturated carbocycles. The first kappa shape index (κ1) is 16.9. The SMILES string of the molecule is COC(=O)CCCCCCCCC(C)C(=O)OC. The van der Waals surface area contributed by atoms with Gasteiger partial charge in [-0.25, -0.2) is 0 Å². The van der Waals surface area contributed by atoms with Gasteiger partial charge in [0.2, 0.25) is 0 Å². The zero-order valence-corrected chi connectivity index (χ0v) is 11.9. The number of esters is 2. The highest BCUT2D eigenvalue weighted by Crippen LogP contribution is 2.13. The van der Waals surface area contributed by atoms with Crippen LogP contribution >= 0.6 is 0 Å². The second-order valence-electron chi connectivity index (χ2n) is 4.66. The number of hydrogen-bond donors (Lipinski definition) is 0. The summed E-state index contributed by atoms with van der Waals surface area (Å²) in [6, 6.07) is 0. The summed E-state index contributed by atoms with van der Waals surface area (Å²) in [7, 11) is 2.85. The Kier molecular flexibility index (Phi) is 10.4. The molecule has 0 aliphatic carbocycles. The number of carbonyl (C=O) groups excluding carboxylic acids is 2. The highest BCUT2D eigenvalue weighted by molar-refractivity contribution is 5.71. The van der Waals surface area contributed by atoms with Crippen LogP contribution in [0.1, 0.15) is 58.3 Å². The lowest BCUT2D eigenvalue weighted by atomic mass is 10.0. The van der Waals surface area contributed by atoms with Crippen LogP contribution in [0.25, 0.3) is 0 Å². The van der Waals surface area contributed by atoms with Crippen LogP contribution in [0.15, 0.2) is 0 Å². The minimum atomic E-state index is -0.123. The third kappa shape index (κ3) is 9.02. The van der Waals surface area contributed by atoms with Crippen LogP contribution < -0.4 is 0 Å². The van der Waals surface area contributed by atoms with Crippen LogP contribution in [-0.4, -0.2) is 26.2 Å². The normalized spacial score (nSPS) is 11.9. The molecule has 0 amide bonds. The van der Waals surface area contributed by atoms with E-state index in [1.54, 1.807) is 0 Å². The minimum absolute atomic E-state index is 0.00863. The predicted octanol–water partition coefficient (Wildman–Crippen LogP) is 3.09. The van der Waals surface area contributed by atoms with E-state index in [0.717, 1.165) is 44.9 Å². The van der Waals surface area contributed by atoms with Crippen LogP contribution in [0.2, 0.25) is 0 Å². The van der Waals surface area contributed by atoms with Gasteiger partial charge < -0.3 is 9.47 Å². The van der Waals surface area contributed by atoms with Gasteiger partial charge in [-0.15, -0.1) is 0 Å². The monoisotopic (exact) mass is 258 g/mol. The summed E-state index contributed by atoms with van der Waals surface area (Å²) in [5.41, 5.74) is 0. The fourth-order valence-corrected chi connectivity index (χ4v) is 1.85. The van der Waals surface area contributed by atoms with Gasteiger partial charge in [0, 0.05) is 6.42 Å². The van der Waals surface area contributed by atoms with E-state index >= 15 is 0 Å². The Morgan fingerprint density at radius 1 is 0.889 bits per heavy atom. The fourth-order valence-electron chi connectivity index (χ4n) is 1.85. The molecule has 4 nitrogen and oxygen atoms in total. The molecule has 4 heteroatoms. The first-order chi connectivity index (χ1) is 8.61. The molecule has 0 spiro atoms. The maximum absolute atomic E-state index is 11.1. The Morgan fingerprint density at radius 3 is 2.00 bits per heavy atom. The Balaban J connectivity index is 3.26. The van der Waals surface area contributed by atoms with E-state index in [1.807, 2.05) is 6.92 Å². The van der Waals surface area contributed by atoms with Crippen LogP contribution in [0.3, 0.4) is 0 Å². The third-order valence-electron chi connectivity index (χ3n) is 3.10. The molecule has 1 atom stereocenters. The van der Waals surface area contributed by atoms with Gasteiger partial charge in [0.25, 0.3) is 0 Å². The molecule has 0 saturated heterocycles. The Hall–Kier alpha value is -1.06. The largest absolute Gasteiger partial charge is 0.469 e. The molecule has 0 aromatic heterocycles. The molecule has 0 fully saturated rings. The lowest BCUT2D eigenvalue weighted by molar-refractivity contribution is -0.145. The molecule has 0 radical (unpaired) electrons. The lowest BCUT2D eigenvalue weighted by Gasteiger charge is -2.08. The van der Waals surface area contributed by atoms with Crippen molar-refractivity contribution in [2.45, 2.75) is 58.3 Å². The number of methoxy groups -OCH3 is 2. The highest BCUT2D eigenvalue weighted by atomic mass is 16.5. The lowest BCUT2D eigenvalue weighted by Crippen LogP contribution is -2.12. The zero-order chi connectivity index (χ0) is 13.8. The van der Waals surface area contributed by atoms with Gasteiger partial charge in [0.05, 0.1) is 20.1 Å². The number of ether oxygens (including phenoxy) is 2. The van der Waals surface area contributed by atoms with Gasteiger partial charge in [-0.1, -0.05) is 39.0 Å². The Bertz CT molecular complexity index is 238.